The lowest BCUT2D eigenvalue weighted by Gasteiger charge is -2.08. The van der Waals surface area contributed by atoms with E-state index < -0.39 is 23.8 Å². The van der Waals surface area contributed by atoms with Crippen LogP contribution in [0.1, 0.15) is 11.7 Å². The van der Waals surface area contributed by atoms with Gasteiger partial charge in [-0.15, -0.1) is 0 Å². The molecule has 1 aliphatic heterocycles. The average molecular weight is 199 g/mol. The molecule has 0 spiro atoms. The van der Waals surface area contributed by atoms with E-state index in [2.05, 4.69) is 5.32 Å². The fourth-order valence-electron chi connectivity index (χ4n) is 1.33. The van der Waals surface area contributed by atoms with Gasteiger partial charge in [0.1, 0.15) is 6.10 Å². The van der Waals surface area contributed by atoms with Crippen LogP contribution in [0.2, 0.25) is 0 Å². The number of benzene rings is 1. The highest BCUT2D eigenvalue weighted by molar-refractivity contribution is 5.69. The molecule has 1 fully saturated rings. The molecule has 1 amide bonds. The quantitative estimate of drug-likeness (QED) is 0.748. The van der Waals surface area contributed by atoms with Crippen LogP contribution in [-0.4, -0.2) is 12.6 Å². The number of ether oxygens (including phenoxy) is 1. The maximum atomic E-state index is 13.2. The lowest BCUT2D eigenvalue weighted by Crippen LogP contribution is -2.12. The molecule has 1 aliphatic rings. The van der Waals surface area contributed by atoms with Crippen LogP contribution in [0.5, 0.6) is 0 Å². The van der Waals surface area contributed by atoms with Gasteiger partial charge in [-0.05, 0) is 6.07 Å². The van der Waals surface area contributed by atoms with Gasteiger partial charge < -0.3 is 10.1 Å². The molecule has 0 bridgehead atoms. The molecule has 1 unspecified atom stereocenters. The van der Waals surface area contributed by atoms with Crippen molar-refractivity contribution in [2.75, 3.05) is 6.54 Å². The van der Waals surface area contributed by atoms with Gasteiger partial charge in [0.2, 0.25) is 0 Å². The molecular weight excluding hydrogens is 192 g/mol. The normalized spacial score (nSPS) is 20.4. The Morgan fingerprint density at radius 3 is 2.86 bits per heavy atom. The minimum absolute atomic E-state index is 0.0587. The number of hydrogen-bond acceptors (Lipinski definition) is 2. The molecule has 2 rings (SSSR count). The van der Waals surface area contributed by atoms with Crippen molar-refractivity contribution in [2.45, 2.75) is 6.10 Å². The van der Waals surface area contributed by atoms with E-state index in [-0.39, 0.29) is 12.1 Å². The van der Waals surface area contributed by atoms with Gasteiger partial charge in [-0.2, -0.15) is 0 Å². The summed E-state index contributed by atoms with van der Waals surface area (Å²) in [7, 11) is 0. The van der Waals surface area contributed by atoms with Crippen molar-refractivity contribution >= 4 is 6.09 Å². The fraction of sp³-hybridized carbons (Fsp3) is 0.222. The SMILES string of the molecule is O=C1NCC(c2cccc(F)c2F)O1. The van der Waals surface area contributed by atoms with Crippen LogP contribution >= 0.6 is 0 Å². The molecule has 1 aromatic rings. The highest BCUT2D eigenvalue weighted by Crippen LogP contribution is 2.24. The Hall–Kier alpha value is -1.65. The Morgan fingerprint density at radius 2 is 2.21 bits per heavy atom. The first-order valence-corrected chi connectivity index (χ1v) is 4.07. The van der Waals surface area contributed by atoms with Gasteiger partial charge in [-0.3, -0.25) is 0 Å². The number of cyclic esters (lactones) is 1. The van der Waals surface area contributed by atoms with Crippen molar-refractivity contribution in [1.29, 1.82) is 0 Å². The predicted octanol–water partition coefficient (Wildman–Crippen LogP) is 1.75. The second-order valence-electron chi connectivity index (χ2n) is 2.92. The van der Waals surface area contributed by atoms with Gasteiger partial charge >= 0.3 is 6.09 Å². The number of rotatable bonds is 1. The largest absolute Gasteiger partial charge is 0.439 e. The minimum Gasteiger partial charge on any atom is -0.439 e. The first-order chi connectivity index (χ1) is 6.68. The van der Waals surface area contributed by atoms with Gasteiger partial charge in [0.05, 0.1) is 6.54 Å². The number of nitrogens with one attached hydrogen (secondary N) is 1. The molecular formula is C9H7F2NO2. The van der Waals surface area contributed by atoms with Crippen molar-refractivity contribution in [1.82, 2.24) is 5.32 Å². The van der Waals surface area contributed by atoms with E-state index >= 15 is 0 Å². The smallest absolute Gasteiger partial charge is 0.407 e. The van der Waals surface area contributed by atoms with Crippen LogP contribution in [0.3, 0.4) is 0 Å². The molecule has 1 atom stereocenters. The van der Waals surface area contributed by atoms with Crippen LogP contribution in [-0.2, 0) is 4.74 Å². The number of carbonyl (C=O) groups excluding carboxylic acids is 1. The van der Waals surface area contributed by atoms with E-state index in [1.165, 1.54) is 12.1 Å². The fourth-order valence-corrected chi connectivity index (χ4v) is 1.33. The Labute approximate surface area is 78.7 Å². The Morgan fingerprint density at radius 1 is 1.43 bits per heavy atom. The molecule has 1 aromatic carbocycles. The summed E-state index contributed by atoms with van der Waals surface area (Å²) in [4.78, 5) is 10.7. The zero-order valence-corrected chi connectivity index (χ0v) is 7.09. The summed E-state index contributed by atoms with van der Waals surface area (Å²) in [5.41, 5.74) is 0.0587. The standard InChI is InChI=1S/C9H7F2NO2/c10-6-3-1-2-5(8(6)11)7-4-12-9(13)14-7/h1-3,7H,4H2,(H,12,13). The summed E-state index contributed by atoms with van der Waals surface area (Å²) >= 11 is 0. The third-order valence-corrected chi connectivity index (χ3v) is 2.01. The first-order valence-electron chi connectivity index (χ1n) is 4.07. The van der Waals surface area contributed by atoms with Gasteiger partial charge in [0, 0.05) is 5.56 Å². The van der Waals surface area contributed by atoms with E-state index in [0.717, 1.165) is 6.07 Å². The Bertz CT molecular complexity index is 381. The molecule has 1 heterocycles. The number of hydrogen-bond donors (Lipinski definition) is 1. The topological polar surface area (TPSA) is 38.3 Å². The average Bonchev–Trinajstić information content (AvgIpc) is 2.57. The molecule has 74 valence electrons. The lowest BCUT2D eigenvalue weighted by atomic mass is 10.1. The second kappa shape index (κ2) is 3.25. The van der Waals surface area contributed by atoms with Crippen LogP contribution in [0.25, 0.3) is 0 Å². The van der Waals surface area contributed by atoms with Crippen molar-refractivity contribution in [3.8, 4) is 0 Å². The molecule has 1 N–H and O–H groups in total. The van der Waals surface area contributed by atoms with Crippen molar-refractivity contribution in [2.24, 2.45) is 0 Å². The van der Waals surface area contributed by atoms with Crippen LogP contribution < -0.4 is 5.32 Å². The summed E-state index contributed by atoms with van der Waals surface area (Å²) in [5, 5.41) is 2.36. The predicted molar refractivity (Wildman–Crippen MR) is 43.6 cm³/mol. The summed E-state index contributed by atoms with van der Waals surface area (Å²) in [6.07, 6.45) is -1.35. The Kier molecular flexibility index (Phi) is 2.07. The lowest BCUT2D eigenvalue weighted by molar-refractivity contribution is 0.139. The van der Waals surface area contributed by atoms with Gasteiger partial charge in [-0.1, -0.05) is 12.1 Å². The summed E-state index contributed by atoms with van der Waals surface area (Å²) in [6, 6.07) is 3.78. The number of amides is 1. The monoisotopic (exact) mass is 199 g/mol. The highest BCUT2D eigenvalue weighted by atomic mass is 19.2. The van der Waals surface area contributed by atoms with E-state index in [1.807, 2.05) is 0 Å². The maximum absolute atomic E-state index is 13.2. The van der Waals surface area contributed by atoms with E-state index in [4.69, 9.17) is 4.74 Å². The van der Waals surface area contributed by atoms with Crippen LogP contribution in [0.15, 0.2) is 18.2 Å². The molecule has 0 aliphatic carbocycles. The number of alkyl carbamates (subject to hydrolysis) is 1. The third kappa shape index (κ3) is 1.41. The number of halogens is 2. The third-order valence-electron chi connectivity index (χ3n) is 2.01. The summed E-state index contributed by atoms with van der Waals surface area (Å²) in [5.74, 6) is -1.90. The van der Waals surface area contributed by atoms with Crippen molar-refractivity contribution < 1.29 is 18.3 Å². The first kappa shape index (κ1) is 8.93. The summed E-state index contributed by atoms with van der Waals surface area (Å²) < 4.78 is 30.7. The zero-order chi connectivity index (χ0) is 10.1. The highest BCUT2D eigenvalue weighted by Gasteiger charge is 2.27. The van der Waals surface area contributed by atoms with Gasteiger partial charge in [-0.25, -0.2) is 13.6 Å². The van der Waals surface area contributed by atoms with Gasteiger partial charge in [0.25, 0.3) is 0 Å². The zero-order valence-electron chi connectivity index (χ0n) is 7.09. The van der Waals surface area contributed by atoms with Crippen LogP contribution in [0, 0.1) is 11.6 Å². The van der Waals surface area contributed by atoms with Crippen LogP contribution in [0.4, 0.5) is 13.6 Å². The van der Waals surface area contributed by atoms with Crippen molar-refractivity contribution in [3.63, 3.8) is 0 Å². The molecule has 0 saturated carbocycles. The second-order valence-corrected chi connectivity index (χ2v) is 2.92. The van der Waals surface area contributed by atoms with Gasteiger partial charge in [0.15, 0.2) is 11.6 Å². The van der Waals surface area contributed by atoms with E-state index in [0.29, 0.717) is 0 Å². The molecule has 3 nitrogen and oxygen atoms in total. The van der Waals surface area contributed by atoms with E-state index in [9.17, 15) is 13.6 Å². The summed E-state index contributed by atoms with van der Waals surface area (Å²) in [6.45, 7) is 0.166. The van der Waals surface area contributed by atoms with E-state index in [1.54, 1.807) is 0 Å². The molecule has 14 heavy (non-hydrogen) atoms. The Balaban J connectivity index is 2.32. The molecule has 0 aromatic heterocycles. The molecule has 5 heteroatoms. The molecule has 0 radical (unpaired) electrons. The minimum atomic E-state index is -0.964. The molecule has 1 saturated heterocycles. The van der Waals surface area contributed by atoms with Crippen molar-refractivity contribution in [3.05, 3.63) is 35.4 Å². The number of carbonyl (C=O) groups is 1. The maximum Gasteiger partial charge on any atom is 0.407 e.